The van der Waals surface area contributed by atoms with E-state index >= 15 is 0 Å². The molecule has 1 aromatic carbocycles. The van der Waals surface area contributed by atoms with E-state index in [0.29, 0.717) is 18.2 Å². The lowest BCUT2D eigenvalue weighted by Gasteiger charge is -2.46. The summed E-state index contributed by atoms with van der Waals surface area (Å²) >= 11 is 2.01. The van der Waals surface area contributed by atoms with Crippen LogP contribution in [0, 0.1) is 11.6 Å². The molecule has 0 saturated carbocycles. The molecule has 0 spiro atoms. The number of likely N-dealkylation sites (tertiary alicyclic amines) is 1. The number of hydrogen-bond donors (Lipinski definition) is 0. The third-order valence-electron chi connectivity index (χ3n) is 3.90. The highest BCUT2D eigenvalue weighted by atomic mass is 32.2. The molecule has 0 aliphatic carbocycles. The minimum Gasteiger partial charge on any atom is -0.296 e. The van der Waals surface area contributed by atoms with Crippen LogP contribution in [0.25, 0.3) is 0 Å². The second-order valence-electron chi connectivity index (χ2n) is 5.23. The fourth-order valence-electron chi connectivity index (χ4n) is 2.75. The van der Waals surface area contributed by atoms with Crippen molar-refractivity contribution >= 4 is 11.8 Å². The maximum Gasteiger partial charge on any atom is 0.127 e. The van der Waals surface area contributed by atoms with Crippen LogP contribution < -0.4 is 0 Å². The van der Waals surface area contributed by atoms with E-state index in [1.807, 2.05) is 11.8 Å². The standard InChI is InChI=1S/C14H18F2N2S/c15-12-1-2-14(16)11(7-12)8-17-9-13(10-17)18-3-5-19-6-4-18/h1-2,7,13H,3-6,8-10H2. The van der Waals surface area contributed by atoms with Gasteiger partial charge in [-0.25, -0.2) is 8.78 Å². The second-order valence-corrected chi connectivity index (χ2v) is 6.46. The topological polar surface area (TPSA) is 6.48 Å². The maximum atomic E-state index is 13.5. The molecule has 1 aromatic rings. The summed E-state index contributed by atoms with van der Waals surface area (Å²) in [4.78, 5) is 4.71. The van der Waals surface area contributed by atoms with Crippen LogP contribution in [0.2, 0.25) is 0 Å². The van der Waals surface area contributed by atoms with E-state index in [1.165, 1.54) is 29.7 Å². The summed E-state index contributed by atoms with van der Waals surface area (Å²) in [6.07, 6.45) is 0. The molecular weight excluding hydrogens is 266 g/mol. The van der Waals surface area contributed by atoms with Gasteiger partial charge in [-0.1, -0.05) is 0 Å². The van der Waals surface area contributed by atoms with E-state index < -0.39 is 0 Å². The first kappa shape index (κ1) is 13.3. The lowest BCUT2D eigenvalue weighted by molar-refractivity contribution is 0.0335. The molecule has 0 atom stereocenters. The zero-order valence-electron chi connectivity index (χ0n) is 10.8. The molecule has 2 fully saturated rings. The fraction of sp³-hybridized carbons (Fsp3) is 0.571. The predicted molar refractivity (Wildman–Crippen MR) is 74.3 cm³/mol. The number of benzene rings is 1. The SMILES string of the molecule is Fc1ccc(F)c(CN2CC(N3CCSCC3)C2)c1. The Morgan fingerprint density at radius 3 is 2.63 bits per heavy atom. The molecule has 5 heteroatoms. The number of nitrogens with zero attached hydrogens (tertiary/aromatic N) is 2. The van der Waals surface area contributed by atoms with Crippen molar-refractivity contribution in [3.8, 4) is 0 Å². The van der Waals surface area contributed by atoms with Gasteiger partial charge in [-0.05, 0) is 18.2 Å². The number of hydrogen-bond acceptors (Lipinski definition) is 3. The van der Waals surface area contributed by atoms with Gasteiger partial charge in [-0.3, -0.25) is 9.80 Å². The van der Waals surface area contributed by atoms with Gasteiger partial charge < -0.3 is 0 Å². The summed E-state index contributed by atoms with van der Waals surface area (Å²) in [6.45, 7) is 4.79. The molecule has 2 aliphatic heterocycles. The Morgan fingerprint density at radius 1 is 1.16 bits per heavy atom. The quantitative estimate of drug-likeness (QED) is 0.840. The molecule has 0 bridgehead atoms. The normalized spacial score (nSPS) is 22.4. The number of rotatable bonds is 3. The molecule has 2 heterocycles. The predicted octanol–water partition coefficient (Wildman–Crippen LogP) is 2.20. The summed E-state index contributed by atoms with van der Waals surface area (Å²) in [5.74, 6) is 1.77. The Hall–Kier alpha value is -0.650. The first-order valence-corrected chi connectivity index (χ1v) is 7.86. The summed E-state index contributed by atoms with van der Waals surface area (Å²) in [5.41, 5.74) is 0.465. The Bertz CT molecular complexity index is 443. The van der Waals surface area contributed by atoms with Gasteiger partial charge in [0.1, 0.15) is 11.6 Å². The van der Waals surface area contributed by atoms with Crippen molar-refractivity contribution < 1.29 is 8.78 Å². The highest BCUT2D eigenvalue weighted by molar-refractivity contribution is 7.99. The van der Waals surface area contributed by atoms with Gasteiger partial charge >= 0.3 is 0 Å². The van der Waals surface area contributed by atoms with Gasteiger partial charge in [0.15, 0.2) is 0 Å². The van der Waals surface area contributed by atoms with E-state index in [4.69, 9.17) is 0 Å². The Labute approximate surface area is 116 Å². The van der Waals surface area contributed by atoms with Gasteiger partial charge in [-0.2, -0.15) is 11.8 Å². The van der Waals surface area contributed by atoms with Crippen molar-refractivity contribution in [2.24, 2.45) is 0 Å². The van der Waals surface area contributed by atoms with Crippen molar-refractivity contribution in [3.05, 3.63) is 35.4 Å². The van der Waals surface area contributed by atoms with Crippen molar-refractivity contribution in [2.75, 3.05) is 37.7 Å². The largest absolute Gasteiger partial charge is 0.296 e. The van der Waals surface area contributed by atoms with E-state index in [2.05, 4.69) is 9.80 Å². The minimum absolute atomic E-state index is 0.306. The summed E-state index contributed by atoms with van der Waals surface area (Å²) in [6, 6.07) is 4.30. The molecule has 2 aliphatic rings. The molecule has 3 rings (SSSR count). The maximum absolute atomic E-state index is 13.5. The zero-order valence-corrected chi connectivity index (χ0v) is 11.6. The van der Waals surface area contributed by atoms with Gasteiger partial charge in [0, 0.05) is 55.8 Å². The first-order chi connectivity index (χ1) is 9.22. The van der Waals surface area contributed by atoms with E-state index in [0.717, 1.165) is 26.2 Å². The van der Waals surface area contributed by atoms with Crippen LogP contribution in [0.5, 0.6) is 0 Å². The molecule has 0 unspecified atom stereocenters. The van der Waals surface area contributed by atoms with Gasteiger partial charge in [0.25, 0.3) is 0 Å². The van der Waals surface area contributed by atoms with Crippen LogP contribution in [-0.2, 0) is 6.54 Å². The van der Waals surface area contributed by atoms with Crippen molar-refractivity contribution in [3.63, 3.8) is 0 Å². The lowest BCUT2D eigenvalue weighted by Crippen LogP contribution is -2.60. The number of thioether (sulfide) groups is 1. The van der Waals surface area contributed by atoms with Crippen LogP contribution in [0.1, 0.15) is 5.56 Å². The molecule has 2 nitrogen and oxygen atoms in total. The highest BCUT2D eigenvalue weighted by Crippen LogP contribution is 2.22. The van der Waals surface area contributed by atoms with E-state index in [-0.39, 0.29) is 11.6 Å². The molecule has 104 valence electrons. The van der Waals surface area contributed by atoms with Gasteiger partial charge in [0.2, 0.25) is 0 Å². The molecule has 19 heavy (non-hydrogen) atoms. The molecular formula is C14H18F2N2S. The third kappa shape index (κ3) is 3.09. The van der Waals surface area contributed by atoms with Crippen LogP contribution in [0.3, 0.4) is 0 Å². The summed E-state index contributed by atoms with van der Waals surface area (Å²) in [5, 5.41) is 0. The van der Waals surface area contributed by atoms with Crippen molar-refractivity contribution in [1.82, 2.24) is 9.80 Å². The molecule has 2 saturated heterocycles. The zero-order chi connectivity index (χ0) is 13.2. The Balaban J connectivity index is 1.52. The number of halogens is 2. The van der Waals surface area contributed by atoms with E-state index in [9.17, 15) is 8.78 Å². The summed E-state index contributed by atoms with van der Waals surface area (Å²) in [7, 11) is 0. The average Bonchev–Trinajstić information content (AvgIpc) is 2.38. The smallest absolute Gasteiger partial charge is 0.127 e. The van der Waals surface area contributed by atoms with Gasteiger partial charge in [0.05, 0.1) is 0 Å². The highest BCUT2D eigenvalue weighted by Gasteiger charge is 2.32. The van der Waals surface area contributed by atoms with Crippen LogP contribution >= 0.6 is 11.8 Å². The third-order valence-corrected chi connectivity index (χ3v) is 4.84. The first-order valence-electron chi connectivity index (χ1n) is 6.70. The Morgan fingerprint density at radius 2 is 1.89 bits per heavy atom. The molecule has 0 N–H and O–H groups in total. The van der Waals surface area contributed by atoms with Crippen molar-refractivity contribution in [2.45, 2.75) is 12.6 Å². The van der Waals surface area contributed by atoms with Crippen LogP contribution in [-0.4, -0.2) is 53.5 Å². The molecule has 0 amide bonds. The molecule has 0 aromatic heterocycles. The van der Waals surface area contributed by atoms with Crippen LogP contribution in [0.4, 0.5) is 8.78 Å². The fourth-order valence-corrected chi connectivity index (χ4v) is 3.68. The average molecular weight is 284 g/mol. The van der Waals surface area contributed by atoms with Gasteiger partial charge in [-0.15, -0.1) is 0 Å². The Kier molecular flexibility index (Phi) is 4.05. The van der Waals surface area contributed by atoms with Crippen molar-refractivity contribution in [1.29, 1.82) is 0 Å². The monoisotopic (exact) mass is 284 g/mol. The second kappa shape index (κ2) is 5.77. The van der Waals surface area contributed by atoms with E-state index in [1.54, 1.807) is 0 Å². The van der Waals surface area contributed by atoms with Crippen LogP contribution in [0.15, 0.2) is 18.2 Å². The lowest BCUT2D eigenvalue weighted by atomic mass is 10.0. The minimum atomic E-state index is -0.360. The molecule has 0 radical (unpaired) electrons. The summed E-state index contributed by atoms with van der Waals surface area (Å²) < 4.78 is 26.6.